The van der Waals surface area contributed by atoms with Crippen LogP contribution in [0.4, 0.5) is 5.82 Å². The summed E-state index contributed by atoms with van der Waals surface area (Å²) in [6.07, 6.45) is -1.85. The maximum Gasteiger partial charge on any atom is 0.488 e. The summed E-state index contributed by atoms with van der Waals surface area (Å²) < 4.78 is 30.6. The van der Waals surface area contributed by atoms with Crippen molar-refractivity contribution in [1.82, 2.24) is 19.5 Å². The van der Waals surface area contributed by atoms with Crippen molar-refractivity contribution >= 4 is 65.8 Å². The van der Waals surface area contributed by atoms with E-state index in [1.807, 2.05) is 6.07 Å². The highest BCUT2D eigenvalue weighted by Gasteiger charge is 2.59. The molecule has 1 aromatic carbocycles. The molecule has 2 aromatic heterocycles. The Morgan fingerprint density at radius 2 is 2.12 bits per heavy atom. The van der Waals surface area contributed by atoms with Gasteiger partial charge in [0, 0.05) is 12.2 Å². The van der Waals surface area contributed by atoms with Crippen LogP contribution in [0.25, 0.3) is 11.2 Å². The summed E-state index contributed by atoms with van der Waals surface area (Å²) in [4.78, 5) is 22.8. The van der Waals surface area contributed by atoms with Crippen molar-refractivity contribution in [1.29, 1.82) is 0 Å². The minimum absolute atomic E-state index is 0.00448. The van der Waals surface area contributed by atoms with Gasteiger partial charge in [0.1, 0.15) is 24.8 Å². The van der Waals surface area contributed by atoms with Crippen molar-refractivity contribution in [3.8, 4) is 5.75 Å². The first-order valence-corrected chi connectivity index (χ1v) is 12.1. The van der Waals surface area contributed by atoms with Crippen LogP contribution in [-0.2, 0) is 18.5 Å². The van der Waals surface area contributed by atoms with Crippen LogP contribution in [0.2, 0.25) is 0 Å². The lowest BCUT2D eigenvalue weighted by Crippen LogP contribution is -2.43. The van der Waals surface area contributed by atoms with Gasteiger partial charge in [-0.05, 0) is 28.1 Å². The Morgan fingerprint density at radius 1 is 1.34 bits per heavy atom. The molecule has 4 heterocycles. The van der Waals surface area contributed by atoms with E-state index in [0.29, 0.717) is 21.6 Å². The maximum atomic E-state index is 10.2. The fourth-order valence-electron chi connectivity index (χ4n) is 3.53. The molecular formula is C17H15BBrN5O6PS+. The van der Waals surface area contributed by atoms with Gasteiger partial charge in [0.05, 0.1) is 0 Å². The molecule has 0 spiro atoms. The average molecular weight is 539 g/mol. The lowest BCUT2D eigenvalue weighted by Gasteiger charge is -2.29. The molecule has 2 saturated heterocycles. The molecular weight excluding hydrogens is 524 g/mol. The number of aromatic nitrogens is 4. The summed E-state index contributed by atoms with van der Waals surface area (Å²) in [5, 5.41) is -0.167. The third-order valence-electron chi connectivity index (χ3n) is 4.88. The van der Waals surface area contributed by atoms with Crippen LogP contribution < -0.4 is 10.5 Å². The first-order chi connectivity index (χ1) is 15.3. The number of nitrogens with zero attached hydrogens (tertiary/aromatic N) is 4. The SMILES string of the molecule is [B][P+]1(O)OC[C@H]2O[C@@H](n3c(Br)nc4c(N)ncnc43)C(OC(=S)Oc3ccccc3)[C@H]2O1. The molecule has 2 aliphatic heterocycles. The molecule has 15 heteroatoms. The normalized spacial score (nSPS) is 29.6. The van der Waals surface area contributed by atoms with Gasteiger partial charge in [0.25, 0.3) is 0 Å². The summed E-state index contributed by atoms with van der Waals surface area (Å²) >= 11 is 8.71. The second-order valence-corrected chi connectivity index (χ2v) is 9.56. The van der Waals surface area contributed by atoms with E-state index < -0.39 is 32.4 Å². The van der Waals surface area contributed by atoms with Crippen molar-refractivity contribution in [3.63, 3.8) is 0 Å². The highest BCUT2D eigenvalue weighted by molar-refractivity contribution is 9.10. The van der Waals surface area contributed by atoms with Gasteiger partial charge in [-0.2, -0.15) is 9.05 Å². The van der Waals surface area contributed by atoms with Gasteiger partial charge in [-0.25, -0.2) is 19.8 Å². The fraction of sp³-hybridized carbons (Fsp3) is 0.294. The van der Waals surface area contributed by atoms with E-state index in [4.69, 9.17) is 48.8 Å². The van der Waals surface area contributed by atoms with E-state index in [9.17, 15) is 4.89 Å². The van der Waals surface area contributed by atoms with Crippen molar-refractivity contribution in [2.24, 2.45) is 0 Å². The lowest BCUT2D eigenvalue weighted by molar-refractivity contribution is -0.0609. The largest absolute Gasteiger partial charge is 0.488 e. The van der Waals surface area contributed by atoms with Crippen molar-refractivity contribution in [3.05, 3.63) is 41.4 Å². The number of rotatable bonds is 3. The topological polar surface area (TPSA) is 136 Å². The van der Waals surface area contributed by atoms with Crippen LogP contribution in [0.1, 0.15) is 6.23 Å². The molecule has 2 radical (unpaired) electrons. The molecule has 3 aromatic rings. The van der Waals surface area contributed by atoms with Gasteiger partial charge in [0.15, 0.2) is 40.2 Å². The number of halogens is 1. The monoisotopic (exact) mass is 538 g/mol. The molecule has 0 amide bonds. The van der Waals surface area contributed by atoms with Crippen LogP contribution in [0.15, 0.2) is 41.4 Å². The third kappa shape index (κ3) is 4.07. The van der Waals surface area contributed by atoms with E-state index in [-0.39, 0.29) is 17.7 Å². The first kappa shape index (κ1) is 21.9. The Labute approximate surface area is 197 Å². The molecule has 11 nitrogen and oxygen atoms in total. The molecule has 5 atom stereocenters. The van der Waals surface area contributed by atoms with Crippen LogP contribution in [-0.4, -0.2) is 62.1 Å². The third-order valence-corrected chi connectivity index (χ3v) is 6.68. The standard InChI is InChI=1S/C17H15BBrN5O6PS/c18-31(25)26-6-9-11(30-31)12(29-17(32)27-8-4-2-1-3-5-8)15(28-9)24-14-10(23-16(24)19)13(20)21-7-22-14/h1-5,7,9,11-12,15,25H,6H2,(H2,20,21,22)/q+1/t9-,11+,12?,15-,31?/m1/s1. The Kier molecular flexibility index (Phi) is 5.78. The van der Waals surface area contributed by atoms with Crippen LogP contribution in [0.3, 0.4) is 0 Å². The van der Waals surface area contributed by atoms with Crippen molar-refractivity contribution < 1.29 is 28.2 Å². The smallest absolute Gasteiger partial charge is 0.445 e. The number of anilines is 1. The molecule has 3 N–H and O–H groups in total. The Bertz CT molecular complexity index is 1170. The van der Waals surface area contributed by atoms with E-state index in [2.05, 4.69) is 30.9 Å². The Balaban J connectivity index is 1.50. The van der Waals surface area contributed by atoms with Crippen LogP contribution >= 0.6 is 36.0 Å². The molecule has 2 fully saturated rings. The molecule has 0 bridgehead atoms. The molecule has 5 rings (SSSR count). The number of thiocarbonyl (C=S) groups is 1. The summed E-state index contributed by atoms with van der Waals surface area (Å²) in [5.41, 5.74) is 6.71. The average Bonchev–Trinajstić information content (AvgIpc) is 3.25. The van der Waals surface area contributed by atoms with E-state index in [0.717, 1.165) is 0 Å². The predicted molar refractivity (Wildman–Crippen MR) is 122 cm³/mol. The highest BCUT2D eigenvalue weighted by atomic mass is 79.9. The van der Waals surface area contributed by atoms with Gasteiger partial charge in [-0.1, -0.05) is 18.2 Å². The number of hydrogen-bond acceptors (Lipinski definition) is 11. The molecule has 164 valence electrons. The zero-order valence-electron chi connectivity index (χ0n) is 16.1. The minimum Gasteiger partial charge on any atom is -0.445 e. The van der Waals surface area contributed by atoms with E-state index in [1.54, 1.807) is 28.8 Å². The summed E-state index contributed by atoms with van der Waals surface area (Å²) in [7, 11) is 2.18. The number of benzene rings is 1. The number of ether oxygens (including phenoxy) is 3. The number of nitrogens with two attached hydrogens (primary N) is 1. The fourth-order valence-corrected chi connectivity index (χ4v) is 5.31. The minimum atomic E-state index is -3.55. The zero-order chi connectivity index (χ0) is 22.5. The molecule has 0 aliphatic carbocycles. The second kappa shape index (κ2) is 8.45. The van der Waals surface area contributed by atoms with E-state index in [1.165, 1.54) is 6.33 Å². The van der Waals surface area contributed by atoms with Gasteiger partial charge >= 0.3 is 20.6 Å². The number of imidazole rings is 1. The van der Waals surface area contributed by atoms with Crippen LogP contribution in [0.5, 0.6) is 5.75 Å². The second-order valence-electron chi connectivity index (χ2n) is 6.92. The molecule has 2 unspecified atom stereocenters. The number of nitrogen functional groups attached to an aromatic ring is 1. The summed E-state index contributed by atoms with van der Waals surface area (Å²) in [6, 6.07) is 8.91. The number of para-hydroxylation sites is 1. The number of hydrogen-bond donors (Lipinski definition) is 2. The summed E-state index contributed by atoms with van der Waals surface area (Å²) in [6.45, 7) is -0.00448. The molecule has 32 heavy (non-hydrogen) atoms. The number of fused-ring (bicyclic) bond motifs is 2. The van der Waals surface area contributed by atoms with E-state index >= 15 is 0 Å². The Morgan fingerprint density at radius 3 is 2.91 bits per heavy atom. The summed E-state index contributed by atoms with van der Waals surface area (Å²) in [5.74, 6) is 0.696. The Hall–Kier alpha value is -1.93. The van der Waals surface area contributed by atoms with Gasteiger partial charge in [-0.3, -0.25) is 4.57 Å². The lowest BCUT2D eigenvalue weighted by atomic mass is 10.1. The van der Waals surface area contributed by atoms with Crippen molar-refractivity contribution in [2.45, 2.75) is 24.5 Å². The quantitative estimate of drug-likeness (QED) is 0.219. The predicted octanol–water partition coefficient (Wildman–Crippen LogP) is 2.07. The van der Waals surface area contributed by atoms with Crippen molar-refractivity contribution in [2.75, 3.05) is 12.3 Å². The van der Waals surface area contributed by atoms with Gasteiger partial charge < -0.3 is 19.9 Å². The van der Waals surface area contributed by atoms with Crippen LogP contribution in [0, 0.1) is 0 Å². The molecule has 0 saturated carbocycles. The molecule has 2 aliphatic rings. The van der Waals surface area contributed by atoms with Gasteiger partial charge in [-0.15, -0.1) is 0 Å². The highest BCUT2D eigenvalue weighted by Crippen LogP contribution is 2.59. The maximum absolute atomic E-state index is 10.2. The van der Waals surface area contributed by atoms with Gasteiger partial charge in [0.2, 0.25) is 0 Å². The first-order valence-electron chi connectivity index (χ1n) is 9.28. The zero-order valence-corrected chi connectivity index (χ0v) is 19.4.